The van der Waals surface area contributed by atoms with E-state index in [1.165, 1.54) is 0 Å². The average Bonchev–Trinajstić information content (AvgIpc) is 2.37. The third kappa shape index (κ3) is 6.97. The number of hydrogen-bond acceptors (Lipinski definition) is 4. The number of ether oxygens (including phenoxy) is 2. The molecule has 0 aliphatic carbocycles. The van der Waals surface area contributed by atoms with E-state index in [1.807, 2.05) is 13.0 Å². The van der Waals surface area contributed by atoms with Crippen molar-refractivity contribution in [3.63, 3.8) is 0 Å². The van der Waals surface area contributed by atoms with E-state index in [9.17, 15) is 0 Å². The van der Waals surface area contributed by atoms with E-state index in [2.05, 4.69) is 5.32 Å². The molecule has 0 spiro atoms. The first-order valence-electron chi connectivity index (χ1n) is 6.19. The summed E-state index contributed by atoms with van der Waals surface area (Å²) in [4.78, 5) is 0. The number of halogens is 3. The summed E-state index contributed by atoms with van der Waals surface area (Å²) in [5.74, 6) is 0.664. The Morgan fingerprint density at radius 2 is 2.00 bits per heavy atom. The first-order chi connectivity index (χ1) is 9.19. The molecule has 4 nitrogen and oxygen atoms in total. The van der Waals surface area contributed by atoms with Gasteiger partial charge in [-0.1, -0.05) is 23.2 Å². The molecule has 0 fully saturated rings. The topological polar surface area (TPSA) is 50.7 Å². The molecule has 2 N–H and O–H groups in total. The zero-order chi connectivity index (χ0) is 14.1. The maximum absolute atomic E-state index is 8.57. The minimum atomic E-state index is 0. The van der Waals surface area contributed by atoms with Gasteiger partial charge in [0.25, 0.3) is 0 Å². The lowest BCUT2D eigenvalue weighted by Crippen LogP contribution is -2.20. The molecule has 0 unspecified atom stereocenters. The second-order valence-corrected chi connectivity index (χ2v) is 4.67. The van der Waals surface area contributed by atoms with E-state index in [0.717, 1.165) is 5.56 Å². The quantitative estimate of drug-likeness (QED) is 0.676. The van der Waals surface area contributed by atoms with Gasteiger partial charge < -0.3 is 19.9 Å². The molecule has 0 aromatic heterocycles. The van der Waals surface area contributed by atoms with Crippen LogP contribution in [0.1, 0.15) is 12.5 Å². The summed E-state index contributed by atoms with van der Waals surface area (Å²) in [7, 11) is 0. The fourth-order valence-corrected chi connectivity index (χ4v) is 2.18. The largest absolute Gasteiger partial charge is 0.492 e. The molecule has 0 saturated heterocycles. The molecular formula is C13H20Cl3NO3. The second kappa shape index (κ2) is 11.4. The van der Waals surface area contributed by atoms with Gasteiger partial charge in [-0.25, -0.2) is 0 Å². The Bertz CT molecular complexity index is 391. The summed E-state index contributed by atoms with van der Waals surface area (Å²) in [6, 6.07) is 3.50. The van der Waals surface area contributed by atoms with Crippen molar-refractivity contribution < 1.29 is 14.6 Å². The zero-order valence-electron chi connectivity index (χ0n) is 11.3. The number of aliphatic hydroxyl groups excluding tert-OH is 1. The summed E-state index contributed by atoms with van der Waals surface area (Å²) < 4.78 is 10.7. The third-order valence-electron chi connectivity index (χ3n) is 2.35. The Morgan fingerprint density at radius 1 is 1.25 bits per heavy atom. The third-order valence-corrected chi connectivity index (χ3v) is 2.85. The highest BCUT2D eigenvalue weighted by Gasteiger charge is 2.10. The van der Waals surface area contributed by atoms with Gasteiger partial charge in [0.2, 0.25) is 0 Å². The van der Waals surface area contributed by atoms with Gasteiger partial charge in [0.1, 0.15) is 5.75 Å². The van der Waals surface area contributed by atoms with Gasteiger partial charge in [0, 0.05) is 23.7 Å². The van der Waals surface area contributed by atoms with Crippen molar-refractivity contribution in [1.29, 1.82) is 0 Å². The lowest BCUT2D eigenvalue weighted by atomic mass is 10.2. The molecule has 20 heavy (non-hydrogen) atoms. The van der Waals surface area contributed by atoms with Crippen LogP contribution in [0.2, 0.25) is 10.0 Å². The highest BCUT2D eigenvalue weighted by molar-refractivity contribution is 6.35. The lowest BCUT2D eigenvalue weighted by molar-refractivity contribution is 0.0937. The van der Waals surface area contributed by atoms with Crippen LogP contribution < -0.4 is 10.1 Å². The summed E-state index contributed by atoms with van der Waals surface area (Å²) >= 11 is 12.1. The molecule has 0 saturated carbocycles. The molecule has 0 amide bonds. The van der Waals surface area contributed by atoms with Crippen molar-refractivity contribution in [1.82, 2.24) is 5.32 Å². The average molecular weight is 345 g/mol. The Morgan fingerprint density at radius 3 is 2.65 bits per heavy atom. The van der Waals surface area contributed by atoms with Crippen molar-refractivity contribution in [2.45, 2.75) is 13.5 Å². The van der Waals surface area contributed by atoms with E-state index in [1.54, 1.807) is 6.07 Å². The Labute approximate surface area is 135 Å². The van der Waals surface area contributed by atoms with Crippen LogP contribution in [0.15, 0.2) is 12.1 Å². The number of rotatable bonds is 9. The highest BCUT2D eigenvalue weighted by Crippen LogP contribution is 2.32. The van der Waals surface area contributed by atoms with Gasteiger partial charge in [-0.3, -0.25) is 0 Å². The SMILES string of the molecule is CCOc1c(Cl)cc(Cl)cc1CNCCOCCO.Cl. The van der Waals surface area contributed by atoms with Crippen LogP contribution in [0.25, 0.3) is 0 Å². The number of nitrogens with one attached hydrogen (secondary N) is 1. The van der Waals surface area contributed by atoms with Crippen LogP contribution >= 0.6 is 35.6 Å². The van der Waals surface area contributed by atoms with Crippen LogP contribution in [0, 0.1) is 0 Å². The molecule has 1 aromatic carbocycles. The fraction of sp³-hybridized carbons (Fsp3) is 0.538. The predicted octanol–water partition coefficient (Wildman–Crippen LogP) is 2.91. The summed E-state index contributed by atoms with van der Waals surface area (Å²) in [6.45, 7) is 4.67. The van der Waals surface area contributed by atoms with E-state index >= 15 is 0 Å². The molecule has 116 valence electrons. The Balaban J connectivity index is 0.00000361. The van der Waals surface area contributed by atoms with Gasteiger partial charge in [-0.05, 0) is 19.1 Å². The summed E-state index contributed by atoms with van der Waals surface area (Å²) in [5, 5.41) is 12.9. The van der Waals surface area contributed by atoms with Crippen LogP contribution in [0.5, 0.6) is 5.75 Å². The van der Waals surface area contributed by atoms with E-state index in [4.69, 9.17) is 37.8 Å². The lowest BCUT2D eigenvalue weighted by Gasteiger charge is -2.13. The number of aliphatic hydroxyl groups is 1. The van der Waals surface area contributed by atoms with Crippen LogP contribution in [-0.2, 0) is 11.3 Å². The molecular weight excluding hydrogens is 325 g/mol. The van der Waals surface area contributed by atoms with Gasteiger partial charge in [0.15, 0.2) is 0 Å². The Kier molecular flexibility index (Phi) is 11.3. The fourth-order valence-electron chi connectivity index (χ4n) is 1.58. The highest BCUT2D eigenvalue weighted by atomic mass is 35.5. The summed E-state index contributed by atoms with van der Waals surface area (Å²) in [6.07, 6.45) is 0. The standard InChI is InChI=1S/C13H19Cl2NO3.ClH/c1-2-19-13-10(7-11(14)8-12(13)15)9-16-3-5-18-6-4-17;/h7-8,16-17H,2-6,9H2,1H3;1H. The maximum atomic E-state index is 8.57. The zero-order valence-corrected chi connectivity index (χ0v) is 13.7. The maximum Gasteiger partial charge on any atom is 0.142 e. The normalized spacial score (nSPS) is 10.2. The van der Waals surface area contributed by atoms with Crippen molar-refractivity contribution in [3.05, 3.63) is 27.7 Å². The van der Waals surface area contributed by atoms with E-state index < -0.39 is 0 Å². The predicted molar refractivity (Wildman–Crippen MR) is 84.5 cm³/mol. The van der Waals surface area contributed by atoms with E-state index in [-0.39, 0.29) is 19.0 Å². The minimum absolute atomic E-state index is 0. The molecule has 1 rings (SSSR count). The van der Waals surface area contributed by atoms with Crippen molar-refractivity contribution in [2.24, 2.45) is 0 Å². The molecule has 0 aliphatic heterocycles. The van der Waals surface area contributed by atoms with Gasteiger partial charge in [0.05, 0.1) is 31.5 Å². The summed E-state index contributed by atoms with van der Waals surface area (Å²) in [5.41, 5.74) is 0.918. The monoisotopic (exact) mass is 343 g/mol. The number of hydrogen-bond donors (Lipinski definition) is 2. The van der Waals surface area contributed by atoms with Crippen molar-refractivity contribution >= 4 is 35.6 Å². The van der Waals surface area contributed by atoms with Gasteiger partial charge in [-0.15, -0.1) is 12.4 Å². The van der Waals surface area contributed by atoms with Crippen LogP contribution in [0.3, 0.4) is 0 Å². The van der Waals surface area contributed by atoms with Crippen molar-refractivity contribution in [3.8, 4) is 5.75 Å². The second-order valence-electron chi connectivity index (χ2n) is 3.82. The van der Waals surface area contributed by atoms with Gasteiger partial charge >= 0.3 is 0 Å². The molecule has 0 bridgehead atoms. The molecule has 0 heterocycles. The van der Waals surface area contributed by atoms with Crippen molar-refractivity contribution in [2.75, 3.05) is 33.0 Å². The van der Waals surface area contributed by atoms with Crippen LogP contribution in [-0.4, -0.2) is 38.1 Å². The first kappa shape index (κ1) is 19.8. The first-order valence-corrected chi connectivity index (χ1v) is 6.94. The molecule has 7 heteroatoms. The molecule has 0 aliphatic rings. The molecule has 0 atom stereocenters. The van der Waals surface area contributed by atoms with E-state index in [0.29, 0.717) is 48.7 Å². The van der Waals surface area contributed by atoms with Gasteiger partial charge in [-0.2, -0.15) is 0 Å². The smallest absolute Gasteiger partial charge is 0.142 e. The molecule has 0 radical (unpaired) electrons. The minimum Gasteiger partial charge on any atom is -0.492 e. The number of benzene rings is 1. The Hall–Kier alpha value is -0.230. The molecule has 1 aromatic rings. The van der Waals surface area contributed by atoms with Crippen LogP contribution in [0.4, 0.5) is 0 Å².